The SMILES string of the molecule is Br[C@]12CCCC[C@H]1N(Cc1ccccc1)CC2. The third-order valence-corrected chi connectivity index (χ3v) is 5.72. The first-order valence-electron chi connectivity index (χ1n) is 6.75. The number of alkyl halides is 1. The molecule has 0 unspecified atom stereocenters. The van der Waals surface area contributed by atoms with E-state index in [9.17, 15) is 0 Å². The van der Waals surface area contributed by atoms with Gasteiger partial charge in [-0.3, -0.25) is 4.90 Å². The van der Waals surface area contributed by atoms with Crippen LogP contribution >= 0.6 is 15.9 Å². The van der Waals surface area contributed by atoms with Crippen molar-refractivity contribution in [3.8, 4) is 0 Å². The van der Waals surface area contributed by atoms with E-state index in [0.29, 0.717) is 4.32 Å². The van der Waals surface area contributed by atoms with Gasteiger partial charge in [-0.05, 0) is 24.8 Å². The highest BCUT2D eigenvalue weighted by atomic mass is 79.9. The van der Waals surface area contributed by atoms with Gasteiger partial charge in [-0.15, -0.1) is 0 Å². The highest BCUT2D eigenvalue weighted by Crippen LogP contribution is 2.46. The number of likely N-dealkylation sites (tertiary alicyclic amines) is 1. The summed E-state index contributed by atoms with van der Waals surface area (Å²) in [7, 11) is 0. The van der Waals surface area contributed by atoms with E-state index < -0.39 is 0 Å². The Balaban J connectivity index is 1.73. The number of fused-ring (bicyclic) bond motifs is 1. The third-order valence-electron chi connectivity index (χ3n) is 4.40. The van der Waals surface area contributed by atoms with E-state index in [1.165, 1.54) is 44.2 Å². The summed E-state index contributed by atoms with van der Waals surface area (Å²) in [5, 5.41) is 0. The van der Waals surface area contributed by atoms with Gasteiger partial charge in [0.05, 0.1) is 0 Å². The molecule has 2 aliphatic rings. The molecule has 1 aromatic carbocycles. The normalized spacial score (nSPS) is 33.6. The van der Waals surface area contributed by atoms with E-state index in [0.717, 1.165) is 12.6 Å². The van der Waals surface area contributed by atoms with Crippen molar-refractivity contribution in [2.24, 2.45) is 0 Å². The van der Waals surface area contributed by atoms with Gasteiger partial charge in [-0.25, -0.2) is 0 Å². The third kappa shape index (κ3) is 2.30. The lowest BCUT2D eigenvalue weighted by Gasteiger charge is -2.37. The summed E-state index contributed by atoms with van der Waals surface area (Å²) in [6.45, 7) is 2.38. The average Bonchev–Trinajstić information content (AvgIpc) is 2.68. The van der Waals surface area contributed by atoms with Crippen LogP contribution in [-0.4, -0.2) is 21.8 Å². The van der Waals surface area contributed by atoms with E-state index in [-0.39, 0.29) is 0 Å². The Bertz CT molecular complexity index is 378. The summed E-state index contributed by atoms with van der Waals surface area (Å²) < 4.78 is 0.431. The van der Waals surface area contributed by atoms with Crippen molar-refractivity contribution in [2.75, 3.05) is 6.54 Å². The molecule has 2 fully saturated rings. The Labute approximate surface area is 112 Å². The van der Waals surface area contributed by atoms with Crippen molar-refractivity contribution in [1.29, 1.82) is 0 Å². The zero-order valence-electron chi connectivity index (χ0n) is 10.2. The lowest BCUT2D eigenvalue weighted by Crippen LogP contribution is -2.42. The Morgan fingerprint density at radius 3 is 2.82 bits per heavy atom. The molecule has 0 amide bonds. The maximum atomic E-state index is 4.03. The molecule has 1 aliphatic carbocycles. The molecule has 92 valence electrons. The molecule has 3 rings (SSSR count). The molecule has 1 heterocycles. The second kappa shape index (κ2) is 4.74. The van der Waals surface area contributed by atoms with Gasteiger partial charge in [0.15, 0.2) is 0 Å². The number of halogens is 1. The van der Waals surface area contributed by atoms with Crippen LogP contribution in [0.3, 0.4) is 0 Å². The second-order valence-electron chi connectivity index (χ2n) is 5.50. The fourth-order valence-corrected chi connectivity index (χ4v) is 4.45. The molecule has 2 heteroatoms. The minimum atomic E-state index is 0.431. The number of hydrogen-bond acceptors (Lipinski definition) is 1. The number of hydrogen-bond donors (Lipinski definition) is 0. The molecule has 2 atom stereocenters. The van der Waals surface area contributed by atoms with Crippen LogP contribution in [0.2, 0.25) is 0 Å². The van der Waals surface area contributed by atoms with Crippen molar-refractivity contribution >= 4 is 15.9 Å². The summed E-state index contributed by atoms with van der Waals surface area (Å²) in [4.78, 5) is 2.68. The molecule has 1 aliphatic heterocycles. The van der Waals surface area contributed by atoms with Gasteiger partial charge in [0.1, 0.15) is 0 Å². The van der Waals surface area contributed by atoms with Crippen LogP contribution in [0.5, 0.6) is 0 Å². The van der Waals surface area contributed by atoms with Crippen LogP contribution in [-0.2, 0) is 6.54 Å². The highest BCUT2D eigenvalue weighted by molar-refractivity contribution is 9.10. The monoisotopic (exact) mass is 293 g/mol. The van der Waals surface area contributed by atoms with Crippen LogP contribution in [0.25, 0.3) is 0 Å². The Morgan fingerprint density at radius 2 is 2.00 bits per heavy atom. The molecule has 0 spiro atoms. The quantitative estimate of drug-likeness (QED) is 0.746. The Morgan fingerprint density at radius 1 is 1.18 bits per heavy atom. The molecule has 1 saturated heterocycles. The topological polar surface area (TPSA) is 3.24 Å². The van der Waals surface area contributed by atoms with Crippen LogP contribution in [0, 0.1) is 0 Å². The molecular weight excluding hydrogens is 274 g/mol. The van der Waals surface area contributed by atoms with E-state index in [1.807, 2.05) is 0 Å². The van der Waals surface area contributed by atoms with Crippen LogP contribution < -0.4 is 0 Å². The van der Waals surface area contributed by atoms with E-state index in [4.69, 9.17) is 0 Å². The molecule has 0 bridgehead atoms. The zero-order valence-corrected chi connectivity index (χ0v) is 11.8. The number of benzene rings is 1. The van der Waals surface area contributed by atoms with Gasteiger partial charge in [-0.1, -0.05) is 59.1 Å². The fourth-order valence-electron chi connectivity index (χ4n) is 3.48. The molecule has 1 saturated carbocycles. The molecule has 0 N–H and O–H groups in total. The van der Waals surface area contributed by atoms with Crippen molar-refractivity contribution in [1.82, 2.24) is 4.90 Å². The smallest absolute Gasteiger partial charge is 0.0425 e. The van der Waals surface area contributed by atoms with E-state index in [1.54, 1.807) is 0 Å². The molecule has 0 aromatic heterocycles. The Hall–Kier alpha value is -0.340. The standard InChI is InChI=1S/C15H20BrN/c16-15-9-5-4-8-14(15)17(11-10-15)12-13-6-2-1-3-7-13/h1-3,6-7,14H,4-5,8-12H2/t14-,15+/m1/s1. The van der Waals surface area contributed by atoms with E-state index >= 15 is 0 Å². The number of nitrogens with zero attached hydrogens (tertiary/aromatic N) is 1. The lowest BCUT2D eigenvalue weighted by molar-refractivity contribution is 0.192. The van der Waals surface area contributed by atoms with Gasteiger partial charge < -0.3 is 0 Å². The molecule has 0 radical (unpaired) electrons. The lowest BCUT2D eigenvalue weighted by atomic mass is 9.85. The first-order valence-corrected chi connectivity index (χ1v) is 7.54. The summed E-state index contributed by atoms with van der Waals surface area (Å²) in [6.07, 6.45) is 6.87. The largest absolute Gasteiger partial charge is 0.295 e. The summed E-state index contributed by atoms with van der Waals surface area (Å²) in [5.41, 5.74) is 1.45. The van der Waals surface area contributed by atoms with Gasteiger partial charge >= 0.3 is 0 Å². The van der Waals surface area contributed by atoms with E-state index in [2.05, 4.69) is 51.2 Å². The van der Waals surface area contributed by atoms with Gasteiger partial charge in [-0.2, -0.15) is 0 Å². The van der Waals surface area contributed by atoms with Crippen LogP contribution in [0.1, 0.15) is 37.7 Å². The van der Waals surface area contributed by atoms with Gasteiger partial charge in [0.25, 0.3) is 0 Å². The summed E-state index contributed by atoms with van der Waals surface area (Å²) >= 11 is 4.03. The molecule has 1 aromatic rings. The van der Waals surface area contributed by atoms with Crippen molar-refractivity contribution in [3.63, 3.8) is 0 Å². The zero-order chi connectivity index (χ0) is 11.7. The molecule has 1 nitrogen and oxygen atoms in total. The first kappa shape index (κ1) is 11.7. The predicted molar refractivity (Wildman–Crippen MR) is 75.4 cm³/mol. The highest BCUT2D eigenvalue weighted by Gasteiger charge is 2.46. The maximum Gasteiger partial charge on any atom is 0.0425 e. The fraction of sp³-hybridized carbons (Fsp3) is 0.600. The minimum Gasteiger partial charge on any atom is -0.295 e. The second-order valence-corrected chi connectivity index (χ2v) is 7.08. The van der Waals surface area contributed by atoms with Gasteiger partial charge in [0, 0.05) is 23.5 Å². The van der Waals surface area contributed by atoms with Crippen molar-refractivity contribution in [2.45, 2.75) is 49.0 Å². The predicted octanol–water partition coefficient (Wildman–Crippen LogP) is 3.97. The molecule has 17 heavy (non-hydrogen) atoms. The van der Waals surface area contributed by atoms with Crippen LogP contribution in [0.15, 0.2) is 30.3 Å². The Kier molecular flexibility index (Phi) is 3.27. The van der Waals surface area contributed by atoms with Crippen molar-refractivity contribution < 1.29 is 0 Å². The molecular formula is C15H20BrN. The number of rotatable bonds is 2. The van der Waals surface area contributed by atoms with Crippen molar-refractivity contribution in [3.05, 3.63) is 35.9 Å². The van der Waals surface area contributed by atoms with Crippen LogP contribution in [0.4, 0.5) is 0 Å². The minimum absolute atomic E-state index is 0.431. The summed E-state index contributed by atoms with van der Waals surface area (Å²) in [5.74, 6) is 0. The van der Waals surface area contributed by atoms with Gasteiger partial charge in [0.2, 0.25) is 0 Å². The maximum absolute atomic E-state index is 4.03. The average molecular weight is 294 g/mol. The summed E-state index contributed by atoms with van der Waals surface area (Å²) in [6, 6.07) is 11.6. The first-order chi connectivity index (χ1) is 8.28.